The summed E-state index contributed by atoms with van der Waals surface area (Å²) in [5.41, 5.74) is 5.28. The first-order chi connectivity index (χ1) is 10.1. The lowest BCUT2D eigenvalue weighted by atomic mass is 9.81. The van der Waals surface area contributed by atoms with E-state index in [1.54, 1.807) is 0 Å². The number of aliphatic hydroxyl groups excluding tert-OH is 1. The number of epoxide rings is 1. The lowest BCUT2D eigenvalue weighted by Gasteiger charge is -2.34. The van der Waals surface area contributed by atoms with Crippen molar-refractivity contribution in [3.63, 3.8) is 0 Å². The Balaban J connectivity index is 1.54. The van der Waals surface area contributed by atoms with Crippen molar-refractivity contribution in [1.29, 1.82) is 0 Å². The minimum Gasteiger partial charge on any atom is -0.371 e. The minimum atomic E-state index is -0.602. The Morgan fingerprint density at radius 1 is 1.29 bits per heavy atom. The van der Waals surface area contributed by atoms with Crippen LogP contribution >= 0.6 is 0 Å². The quantitative estimate of drug-likeness (QED) is 0.669. The number of anilines is 1. The Kier molecular flexibility index (Phi) is 3.09. The van der Waals surface area contributed by atoms with Crippen LogP contribution in [0, 0.1) is 5.92 Å². The molecule has 0 amide bonds. The summed E-state index contributed by atoms with van der Waals surface area (Å²) < 4.78 is 5.18. The maximum absolute atomic E-state index is 9.43. The fourth-order valence-electron chi connectivity index (χ4n) is 4.06. The normalized spacial score (nSPS) is 32.4. The Bertz CT molecular complexity index is 573. The predicted octanol–water partition coefficient (Wildman–Crippen LogP) is 3.18. The van der Waals surface area contributed by atoms with Crippen LogP contribution in [0.4, 0.5) is 5.69 Å². The first-order valence-corrected chi connectivity index (χ1v) is 7.99. The first-order valence-electron chi connectivity index (χ1n) is 7.99. The lowest BCUT2D eigenvalue weighted by Crippen LogP contribution is -2.36. The van der Waals surface area contributed by atoms with Crippen LogP contribution in [0.1, 0.15) is 42.9 Å². The molecular formula is C18H23NO2. The third-order valence-corrected chi connectivity index (χ3v) is 5.49. The predicted molar refractivity (Wildman–Crippen MR) is 83.3 cm³/mol. The second kappa shape index (κ2) is 4.85. The Labute approximate surface area is 126 Å². The zero-order valence-electron chi connectivity index (χ0n) is 12.6. The van der Waals surface area contributed by atoms with Gasteiger partial charge in [-0.1, -0.05) is 24.3 Å². The minimum absolute atomic E-state index is 0.110. The molecule has 0 bridgehead atoms. The van der Waals surface area contributed by atoms with Gasteiger partial charge in [0.25, 0.3) is 0 Å². The topological polar surface area (TPSA) is 36.0 Å². The van der Waals surface area contributed by atoms with Crippen LogP contribution in [0.25, 0.3) is 0 Å². The number of allylic oxidation sites excluding steroid dienone is 1. The summed E-state index contributed by atoms with van der Waals surface area (Å²) in [5.74, 6) is 0.777. The van der Waals surface area contributed by atoms with Crippen molar-refractivity contribution in [3.05, 3.63) is 41.5 Å². The van der Waals surface area contributed by atoms with E-state index in [0.29, 0.717) is 6.04 Å². The zero-order valence-corrected chi connectivity index (χ0v) is 12.6. The number of fused-ring (bicyclic) bond motifs is 1. The highest BCUT2D eigenvalue weighted by Crippen LogP contribution is 2.43. The smallest absolute Gasteiger partial charge is 0.186 e. The van der Waals surface area contributed by atoms with Crippen molar-refractivity contribution in [2.24, 2.45) is 5.92 Å². The van der Waals surface area contributed by atoms with Gasteiger partial charge in [0, 0.05) is 18.8 Å². The molecule has 3 nitrogen and oxygen atoms in total. The van der Waals surface area contributed by atoms with Crippen LogP contribution in [0.5, 0.6) is 0 Å². The highest BCUT2D eigenvalue weighted by molar-refractivity contribution is 5.61. The third kappa shape index (κ3) is 2.29. The van der Waals surface area contributed by atoms with Crippen LogP contribution in [0.15, 0.2) is 30.4 Å². The number of likely N-dealkylation sites (N-methyl/N-ethyl adjacent to an activating group) is 1. The summed E-state index contributed by atoms with van der Waals surface area (Å²) in [7, 11) is 2.22. The van der Waals surface area contributed by atoms with Crippen LogP contribution in [-0.2, 0) is 11.2 Å². The van der Waals surface area contributed by atoms with Gasteiger partial charge in [0.2, 0.25) is 0 Å². The zero-order chi connectivity index (χ0) is 14.6. The van der Waals surface area contributed by atoms with Gasteiger partial charge in [-0.05, 0) is 55.2 Å². The maximum atomic E-state index is 9.43. The van der Waals surface area contributed by atoms with Crippen molar-refractivity contribution >= 4 is 5.69 Å². The molecule has 4 rings (SSSR count). The van der Waals surface area contributed by atoms with E-state index < -0.39 is 6.29 Å². The SMILES string of the molecule is C=C1CCC(C2Cc3ccc(C4OC4O)cc3N2C)CC1. The molecule has 0 aromatic heterocycles. The summed E-state index contributed by atoms with van der Waals surface area (Å²) >= 11 is 0. The molecule has 1 aromatic rings. The number of rotatable bonds is 2. The van der Waals surface area contributed by atoms with Crippen molar-refractivity contribution in [2.45, 2.75) is 50.5 Å². The summed E-state index contributed by atoms with van der Waals surface area (Å²) in [5, 5.41) is 9.43. The molecule has 2 fully saturated rings. The van der Waals surface area contributed by atoms with Gasteiger partial charge in [-0.25, -0.2) is 0 Å². The Morgan fingerprint density at radius 2 is 2.00 bits per heavy atom. The molecule has 1 aromatic carbocycles. The van der Waals surface area contributed by atoms with Crippen LogP contribution in [0.3, 0.4) is 0 Å². The van der Waals surface area contributed by atoms with Gasteiger partial charge in [-0.2, -0.15) is 0 Å². The van der Waals surface area contributed by atoms with Gasteiger partial charge >= 0.3 is 0 Å². The summed E-state index contributed by atoms with van der Waals surface area (Å²) in [4.78, 5) is 2.45. The van der Waals surface area contributed by atoms with Gasteiger partial charge in [-0.15, -0.1) is 0 Å². The van der Waals surface area contributed by atoms with Gasteiger partial charge in [0.05, 0.1) is 0 Å². The Hall–Kier alpha value is -1.32. The van der Waals surface area contributed by atoms with Crippen LogP contribution < -0.4 is 4.90 Å². The van der Waals surface area contributed by atoms with Gasteiger partial charge in [-0.3, -0.25) is 0 Å². The first kappa shape index (κ1) is 13.4. The van der Waals surface area contributed by atoms with E-state index >= 15 is 0 Å². The molecule has 1 aliphatic carbocycles. The largest absolute Gasteiger partial charge is 0.371 e. The molecule has 3 unspecified atom stereocenters. The molecule has 2 aliphatic heterocycles. The fraction of sp³-hybridized carbons (Fsp3) is 0.556. The lowest BCUT2D eigenvalue weighted by molar-refractivity contribution is 0.156. The molecule has 1 saturated carbocycles. The van der Waals surface area contributed by atoms with Gasteiger partial charge < -0.3 is 14.7 Å². The van der Waals surface area contributed by atoms with E-state index in [0.717, 1.165) is 17.9 Å². The summed E-state index contributed by atoms with van der Waals surface area (Å²) in [6.07, 6.45) is 5.38. The van der Waals surface area contributed by atoms with Crippen molar-refractivity contribution < 1.29 is 9.84 Å². The summed E-state index contributed by atoms with van der Waals surface area (Å²) in [6.45, 7) is 4.13. The van der Waals surface area contributed by atoms with Crippen molar-refractivity contribution in [1.82, 2.24) is 0 Å². The standard InChI is InChI=1S/C18H23NO2/c1-11-3-5-12(6-4-11)15-9-13-7-8-14(17-18(20)21-17)10-16(13)19(15)2/h7-8,10,12,15,17-18,20H,1,3-6,9H2,2H3. The second-order valence-electron chi connectivity index (χ2n) is 6.81. The van der Waals surface area contributed by atoms with E-state index in [9.17, 15) is 5.11 Å². The highest BCUT2D eigenvalue weighted by Gasteiger charge is 2.40. The van der Waals surface area contributed by atoms with Gasteiger partial charge in [0.15, 0.2) is 6.29 Å². The average Bonchev–Trinajstić information content (AvgIpc) is 3.13. The monoisotopic (exact) mass is 285 g/mol. The Morgan fingerprint density at radius 3 is 2.67 bits per heavy atom. The average molecular weight is 285 g/mol. The van der Waals surface area contributed by atoms with E-state index in [1.807, 2.05) is 0 Å². The number of ether oxygens (including phenoxy) is 1. The molecule has 3 heteroatoms. The van der Waals surface area contributed by atoms with E-state index in [2.05, 4.69) is 36.7 Å². The summed E-state index contributed by atoms with van der Waals surface area (Å²) in [6, 6.07) is 7.15. The number of benzene rings is 1. The molecule has 1 N–H and O–H groups in total. The molecule has 0 spiro atoms. The van der Waals surface area contributed by atoms with Crippen molar-refractivity contribution in [3.8, 4) is 0 Å². The van der Waals surface area contributed by atoms with Gasteiger partial charge in [0.1, 0.15) is 6.10 Å². The maximum Gasteiger partial charge on any atom is 0.186 e. The molecule has 1 saturated heterocycles. The van der Waals surface area contributed by atoms with Crippen molar-refractivity contribution in [2.75, 3.05) is 11.9 Å². The molecule has 3 aliphatic rings. The second-order valence-corrected chi connectivity index (χ2v) is 6.81. The molecular weight excluding hydrogens is 262 g/mol. The number of hydrogen-bond acceptors (Lipinski definition) is 3. The van der Waals surface area contributed by atoms with E-state index in [4.69, 9.17) is 4.74 Å². The highest BCUT2D eigenvalue weighted by atomic mass is 16.7. The molecule has 112 valence electrons. The van der Waals surface area contributed by atoms with Crippen LogP contribution in [-0.4, -0.2) is 24.5 Å². The van der Waals surface area contributed by atoms with Crippen LogP contribution in [0.2, 0.25) is 0 Å². The number of hydrogen-bond donors (Lipinski definition) is 1. The third-order valence-electron chi connectivity index (χ3n) is 5.49. The fourth-order valence-corrected chi connectivity index (χ4v) is 4.06. The number of nitrogens with zero attached hydrogens (tertiary/aromatic N) is 1. The van der Waals surface area contributed by atoms with E-state index in [1.165, 1.54) is 42.5 Å². The number of aliphatic hydroxyl groups is 1. The molecule has 21 heavy (non-hydrogen) atoms. The molecule has 3 atom stereocenters. The van der Waals surface area contributed by atoms with E-state index in [-0.39, 0.29) is 6.10 Å². The molecule has 2 heterocycles. The molecule has 0 radical (unpaired) electrons.